The number of nitrogens with one attached hydrogen (secondary N) is 2. The van der Waals surface area contributed by atoms with Gasteiger partial charge in [-0.15, -0.1) is 0 Å². The van der Waals surface area contributed by atoms with Gasteiger partial charge in [0.15, 0.2) is 5.96 Å². The molecule has 0 aromatic heterocycles. The van der Waals surface area contributed by atoms with E-state index in [2.05, 4.69) is 5.32 Å². The molecule has 0 aromatic carbocycles. The predicted octanol–water partition coefficient (Wildman–Crippen LogP) is 0.0368. The van der Waals surface area contributed by atoms with Crippen molar-refractivity contribution in [2.45, 2.75) is 26.7 Å². The maximum Gasteiger partial charge on any atom is 0.216 e. The Morgan fingerprint density at radius 3 is 2.61 bits per heavy atom. The van der Waals surface area contributed by atoms with E-state index in [0.717, 1.165) is 18.4 Å². The molecule has 0 radical (unpaired) electrons. The number of rotatable bonds is 8. The number of aliphatic hydroxyl groups is 1. The Kier molecular flexibility index (Phi) is 8.65. The minimum Gasteiger partial charge on any atom is -0.392 e. The second-order valence-electron chi connectivity index (χ2n) is 4.23. The number of carbonyl (C=O) groups excluding carboxylic acids is 1. The van der Waals surface area contributed by atoms with Crippen molar-refractivity contribution in [3.05, 3.63) is 11.6 Å². The van der Waals surface area contributed by atoms with Crippen molar-refractivity contribution in [3.8, 4) is 0 Å². The van der Waals surface area contributed by atoms with Gasteiger partial charge in [-0.2, -0.15) is 0 Å². The zero-order chi connectivity index (χ0) is 14.0. The molecule has 0 bridgehead atoms. The number of carbonyl (C=O) groups is 1. The van der Waals surface area contributed by atoms with E-state index in [1.54, 1.807) is 4.90 Å². The van der Waals surface area contributed by atoms with Crippen LogP contribution in [0.15, 0.2) is 11.6 Å². The molecule has 0 aliphatic heterocycles. The van der Waals surface area contributed by atoms with Gasteiger partial charge in [-0.3, -0.25) is 10.2 Å². The molecule has 0 aliphatic rings. The Morgan fingerprint density at radius 2 is 2.11 bits per heavy atom. The average Bonchev–Trinajstić information content (AvgIpc) is 2.31. The van der Waals surface area contributed by atoms with E-state index >= 15 is 0 Å². The number of nitrogens with two attached hydrogens (primary N) is 1. The summed E-state index contributed by atoms with van der Waals surface area (Å²) in [6.07, 6.45) is 3.56. The zero-order valence-corrected chi connectivity index (χ0v) is 11.2. The van der Waals surface area contributed by atoms with Crippen molar-refractivity contribution in [1.29, 1.82) is 5.41 Å². The molecule has 0 fully saturated rings. The standard InChI is InChI=1S/C12H24N4O2/c1-10(9-17)5-8-16(12(13)14)7-4-3-6-15-11(2)18/h5,17H,3-4,6-9H2,1-2H3,(H3,13,14)(H,15,18)/b10-5+. The van der Waals surface area contributed by atoms with Gasteiger partial charge in [-0.1, -0.05) is 11.6 Å². The lowest BCUT2D eigenvalue weighted by molar-refractivity contribution is -0.118. The van der Waals surface area contributed by atoms with Crippen LogP contribution in [0.2, 0.25) is 0 Å². The van der Waals surface area contributed by atoms with E-state index in [-0.39, 0.29) is 18.5 Å². The van der Waals surface area contributed by atoms with Gasteiger partial charge in [0, 0.05) is 26.6 Å². The molecule has 104 valence electrons. The third-order valence-corrected chi connectivity index (χ3v) is 2.48. The molecule has 0 saturated carbocycles. The summed E-state index contributed by atoms with van der Waals surface area (Å²) in [5.41, 5.74) is 6.34. The number of guanidine groups is 1. The normalized spacial score (nSPS) is 11.2. The molecule has 0 unspecified atom stereocenters. The molecule has 0 saturated heterocycles. The Bertz CT molecular complexity index is 302. The first-order chi connectivity index (χ1) is 8.47. The zero-order valence-electron chi connectivity index (χ0n) is 11.2. The molecule has 0 aliphatic carbocycles. The summed E-state index contributed by atoms with van der Waals surface area (Å²) in [4.78, 5) is 12.4. The minimum absolute atomic E-state index is 0.0221. The van der Waals surface area contributed by atoms with Crippen LogP contribution >= 0.6 is 0 Å². The van der Waals surface area contributed by atoms with E-state index in [9.17, 15) is 4.79 Å². The van der Waals surface area contributed by atoms with Crippen LogP contribution in [0.1, 0.15) is 26.7 Å². The average molecular weight is 256 g/mol. The van der Waals surface area contributed by atoms with Gasteiger partial charge >= 0.3 is 0 Å². The van der Waals surface area contributed by atoms with Gasteiger partial charge in [0.25, 0.3) is 0 Å². The highest BCUT2D eigenvalue weighted by atomic mass is 16.3. The second kappa shape index (κ2) is 9.47. The van der Waals surface area contributed by atoms with Crippen LogP contribution in [0.4, 0.5) is 0 Å². The van der Waals surface area contributed by atoms with Crippen LogP contribution in [-0.4, -0.2) is 48.1 Å². The maximum absolute atomic E-state index is 10.7. The van der Waals surface area contributed by atoms with Crippen LogP contribution in [-0.2, 0) is 4.79 Å². The van der Waals surface area contributed by atoms with Gasteiger partial charge in [-0.05, 0) is 19.8 Å². The monoisotopic (exact) mass is 256 g/mol. The summed E-state index contributed by atoms with van der Waals surface area (Å²) < 4.78 is 0. The molecule has 0 rings (SSSR count). The lowest BCUT2D eigenvalue weighted by Gasteiger charge is -2.21. The van der Waals surface area contributed by atoms with Gasteiger partial charge < -0.3 is 21.1 Å². The highest BCUT2D eigenvalue weighted by Crippen LogP contribution is 1.97. The third-order valence-electron chi connectivity index (χ3n) is 2.48. The lowest BCUT2D eigenvalue weighted by Crippen LogP contribution is -2.37. The van der Waals surface area contributed by atoms with Gasteiger partial charge in [0.05, 0.1) is 6.61 Å². The molecular weight excluding hydrogens is 232 g/mol. The van der Waals surface area contributed by atoms with Crippen molar-refractivity contribution >= 4 is 11.9 Å². The molecule has 0 aromatic rings. The predicted molar refractivity (Wildman–Crippen MR) is 72.2 cm³/mol. The van der Waals surface area contributed by atoms with E-state index in [1.807, 2.05) is 13.0 Å². The van der Waals surface area contributed by atoms with Crippen LogP contribution in [0.25, 0.3) is 0 Å². The summed E-state index contributed by atoms with van der Waals surface area (Å²) in [7, 11) is 0. The third kappa shape index (κ3) is 8.58. The summed E-state index contributed by atoms with van der Waals surface area (Å²) in [5, 5.41) is 19.0. The largest absolute Gasteiger partial charge is 0.392 e. The van der Waals surface area contributed by atoms with Gasteiger partial charge in [0.1, 0.15) is 0 Å². The first-order valence-corrected chi connectivity index (χ1v) is 6.07. The first-order valence-electron chi connectivity index (χ1n) is 6.07. The molecule has 0 heterocycles. The fourth-order valence-electron chi connectivity index (χ4n) is 1.33. The smallest absolute Gasteiger partial charge is 0.216 e. The number of nitrogens with zero attached hydrogens (tertiary/aromatic N) is 1. The Labute approximate surface area is 108 Å². The molecule has 6 nitrogen and oxygen atoms in total. The number of aliphatic hydroxyl groups excluding tert-OH is 1. The van der Waals surface area contributed by atoms with Gasteiger partial charge in [-0.25, -0.2) is 0 Å². The van der Waals surface area contributed by atoms with Crippen LogP contribution < -0.4 is 11.1 Å². The topological polar surface area (TPSA) is 102 Å². The van der Waals surface area contributed by atoms with Crippen molar-refractivity contribution in [1.82, 2.24) is 10.2 Å². The quantitative estimate of drug-likeness (QED) is 0.213. The fraction of sp³-hybridized carbons (Fsp3) is 0.667. The highest BCUT2D eigenvalue weighted by molar-refractivity contribution is 5.74. The highest BCUT2D eigenvalue weighted by Gasteiger charge is 2.04. The molecule has 1 amide bonds. The lowest BCUT2D eigenvalue weighted by atomic mass is 10.2. The summed E-state index contributed by atoms with van der Waals surface area (Å²) >= 11 is 0. The van der Waals surface area contributed by atoms with Gasteiger partial charge in [0.2, 0.25) is 5.91 Å². The van der Waals surface area contributed by atoms with Crippen molar-refractivity contribution in [2.75, 3.05) is 26.2 Å². The molecule has 5 N–H and O–H groups in total. The van der Waals surface area contributed by atoms with E-state index < -0.39 is 0 Å². The van der Waals surface area contributed by atoms with Crippen LogP contribution in [0, 0.1) is 5.41 Å². The van der Waals surface area contributed by atoms with Crippen molar-refractivity contribution in [2.24, 2.45) is 5.73 Å². The molecule has 6 heteroatoms. The SMILES string of the molecule is CC(=O)NCCCCN(C/C=C(\C)CO)C(=N)N. The number of unbranched alkanes of at least 4 members (excludes halogenated alkanes) is 1. The first kappa shape index (κ1) is 16.4. The fourth-order valence-corrected chi connectivity index (χ4v) is 1.33. The van der Waals surface area contributed by atoms with E-state index in [0.29, 0.717) is 19.6 Å². The van der Waals surface area contributed by atoms with E-state index in [4.69, 9.17) is 16.2 Å². The van der Waals surface area contributed by atoms with Crippen molar-refractivity contribution in [3.63, 3.8) is 0 Å². The minimum atomic E-state index is -0.0278. The number of amides is 1. The molecular formula is C12H24N4O2. The van der Waals surface area contributed by atoms with Crippen LogP contribution in [0.5, 0.6) is 0 Å². The molecule has 18 heavy (non-hydrogen) atoms. The second-order valence-corrected chi connectivity index (χ2v) is 4.23. The summed E-state index contributed by atoms with van der Waals surface area (Å²) in [5.74, 6) is -0.00329. The number of hydrogen-bond donors (Lipinski definition) is 4. The Balaban J connectivity index is 3.91. The number of hydrogen-bond acceptors (Lipinski definition) is 3. The maximum atomic E-state index is 10.7. The molecule has 0 atom stereocenters. The Hall–Kier alpha value is -1.56. The molecule has 0 spiro atoms. The summed E-state index contributed by atoms with van der Waals surface area (Å²) in [6, 6.07) is 0. The van der Waals surface area contributed by atoms with E-state index in [1.165, 1.54) is 6.92 Å². The Morgan fingerprint density at radius 1 is 1.44 bits per heavy atom. The summed E-state index contributed by atoms with van der Waals surface area (Å²) in [6.45, 7) is 5.19. The van der Waals surface area contributed by atoms with Crippen molar-refractivity contribution < 1.29 is 9.90 Å². The van der Waals surface area contributed by atoms with Crippen LogP contribution in [0.3, 0.4) is 0 Å².